The Balaban J connectivity index is 1.50. The summed E-state index contributed by atoms with van der Waals surface area (Å²) >= 11 is 3.26. The zero-order valence-corrected chi connectivity index (χ0v) is 17.1. The van der Waals surface area contributed by atoms with Gasteiger partial charge in [-0.15, -0.1) is 11.3 Å². The van der Waals surface area contributed by atoms with E-state index in [4.69, 9.17) is 4.74 Å². The zero-order chi connectivity index (χ0) is 18.8. The summed E-state index contributed by atoms with van der Waals surface area (Å²) in [5, 5.41) is 1.73. The molecule has 140 valence electrons. The molecule has 4 rings (SSSR count). The van der Waals surface area contributed by atoms with Gasteiger partial charge in [0, 0.05) is 10.3 Å². The monoisotopic (exact) mass is 398 g/mol. The Kier molecular flexibility index (Phi) is 5.45. The number of nitrogens with zero attached hydrogens (tertiary/aromatic N) is 2. The molecule has 0 saturated carbocycles. The number of fused-ring (bicyclic) bond motifs is 3. The highest BCUT2D eigenvalue weighted by atomic mass is 32.2. The van der Waals surface area contributed by atoms with Crippen molar-refractivity contribution in [2.24, 2.45) is 5.92 Å². The lowest BCUT2D eigenvalue weighted by atomic mass is 9.89. The lowest BCUT2D eigenvalue weighted by Crippen LogP contribution is -2.17. The number of rotatable bonds is 5. The number of thioether (sulfide) groups is 1. The van der Waals surface area contributed by atoms with Crippen LogP contribution in [0.1, 0.15) is 36.3 Å². The van der Waals surface area contributed by atoms with Crippen LogP contribution in [0.2, 0.25) is 0 Å². The van der Waals surface area contributed by atoms with E-state index in [-0.39, 0.29) is 11.2 Å². The quantitative estimate of drug-likeness (QED) is 0.342. The summed E-state index contributed by atoms with van der Waals surface area (Å²) in [4.78, 5) is 23.9. The predicted molar refractivity (Wildman–Crippen MR) is 110 cm³/mol. The van der Waals surface area contributed by atoms with Crippen molar-refractivity contribution < 1.29 is 9.53 Å². The molecule has 1 aliphatic rings. The third-order valence-electron chi connectivity index (χ3n) is 4.90. The molecule has 0 radical (unpaired) electrons. The van der Waals surface area contributed by atoms with E-state index < -0.39 is 0 Å². The Bertz CT molecular complexity index is 955. The molecule has 3 aromatic rings. The number of carbonyl (C=O) groups is 1. The van der Waals surface area contributed by atoms with Gasteiger partial charge in [-0.2, -0.15) is 0 Å². The first-order valence-electron chi connectivity index (χ1n) is 9.24. The van der Waals surface area contributed by atoms with Gasteiger partial charge in [-0.05, 0) is 43.2 Å². The minimum atomic E-state index is -0.315. The van der Waals surface area contributed by atoms with Gasteiger partial charge in [-0.3, -0.25) is 4.79 Å². The molecule has 0 unspecified atom stereocenters. The molecule has 0 saturated heterocycles. The Hall–Kier alpha value is -1.92. The smallest absolute Gasteiger partial charge is 0.319 e. The zero-order valence-electron chi connectivity index (χ0n) is 15.5. The average Bonchev–Trinajstić information content (AvgIpc) is 3.05. The van der Waals surface area contributed by atoms with Gasteiger partial charge in [0.1, 0.15) is 28.0 Å². The van der Waals surface area contributed by atoms with Crippen LogP contribution >= 0.6 is 23.1 Å². The minimum Gasteiger partial charge on any atom is -0.460 e. The Morgan fingerprint density at radius 1 is 1.33 bits per heavy atom. The third-order valence-corrected chi connectivity index (χ3v) is 7.14. The molecule has 0 N–H and O–H groups in total. The molecule has 4 nitrogen and oxygen atoms in total. The second kappa shape index (κ2) is 7.98. The van der Waals surface area contributed by atoms with Gasteiger partial charge in [0.2, 0.25) is 0 Å². The van der Waals surface area contributed by atoms with E-state index >= 15 is 0 Å². The van der Waals surface area contributed by atoms with E-state index in [1.165, 1.54) is 28.6 Å². The number of esters is 1. The van der Waals surface area contributed by atoms with Gasteiger partial charge in [0.05, 0.1) is 0 Å². The van der Waals surface area contributed by atoms with Crippen LogP contribution in [0.4, 0.5) is 0 Å². The first-order chi connectivity index (χ1) is 13.1. The second-order valence-corrected chi connectivity index (χ2v) is 9.48. The number of hydrogen-bond donors (Lipinski definition) is 0. The number of ether oxygens (including phenoxy) is 1. The fourth-order valence-electron chi connectivity index (χ4n) is 3.40. The Morgan fingerprint density at radius 3 is 2.96 bits per heavy atom. The number of thiophene rings is 1. The van der Waals surface area contributed by atoms with Gasteiger partial charge in [-0.1, -0.05) is 49.0 Å². The van der Waals surface area contributed by atoms with Gasteiger partial charge in [0.25, 0.3) is 0 Å². The van der Waals surface area contributed by atoms with Crippen molar-refractivity contribution >= 4 is 39.3 Å². The SMILES string of the molecule is C[C@H]1CCc2c(sc3ncnc(S[C@H](C)C(=O)OCc4ccccc4)c23)C1. The van der Waals surface area contributed by atoms with E-state index in [1.807, 2.05) is 37.3 Å². The van der Waals surface area contributed by atoms with Gasteiger partial charge >= 0.3 is 5.97 Å². The third kappa shape index (κ3) is 4.01. The van der Waals surface area contributed by atoms with E-state index in [1.54, 1.807) is 17.7 Å². The summed E-state index contributed by atoms with van der Waals surface area (Å²) in [6, 6.07) is 9.75. The van der Waals surface area contributed by atoms with Crippen LogP contribution in [-0.2, 0) is 29.0 Å². The summed E-state index contributed by atoms with van der Waals surface area (Å²) in [5.41, 5.74) is 2.38. The average molecular weight is 399 g/mol. The van der Waals surface area contributed by atoms with Crippen LogP contribution in [0.25, 0.3) is 10.2 Å². The fourth-order valence-corrected chi connectivity index (χ4v) is 5.76. The molecule has 6 heteroatoms. The molecule has 0 spiro atoms. The number of benzene rings is 1. The maximum absolute atomic E-state index is 12.4. The molecule has 0 bridgehead atoms. The van der Waals surface area contributed by atoms with Crippen LogP contribution in [0.15, 0.2) is 41.7 Å². The van der Waals surface area contributed by atoms with E-state index in [9.17, 15) is 4.79 Å². The second-order valence-electron chi connectivity index (χ2n) is 7.06. The topological polar surface area (TPSA) is 52.1 Å². The number of aryl methyl sites for hydroxylation is 1. The molecule has 0 amide bonds. The standard InChI is InChI=1S/C21H22N2O2S2/c1-13-8-9-16-17(10-13)27-20-18(16)19(22-12-23-20)26-14(2)21(24)25-11-15-6-4-3-5-7-15/h3-7,12-14H,8-11H2,1-2H3/t13-,14+/m0/s1. The molecule has 2 heterocycles. The van der Waals surface area contributed by atoms with Crippen molar-refractivity contribution in [3.05, 3.63) is 52.7 Å². The van der Waals surface area contributed by atoms with Crippen LogP contribution in [0, 0.1) is 5.92 Å². The van der Waals surface area contributed by atoms with Crippen LogP contribution in [0.3, 0.4) is 0 Å². The summed E-state index contributed by atoms with van der Waals surface area (Å²) in [6.45, 7) is 4.49. The number of hydrogen-bond acceptors (Lipinski definition) is 6. The summed E-state index contributed by atoms with van der Waals surface area (Å²) in [6.07, 6.45) is 5.00. The van der Waals surface area contributed by atoms with Gasteiger partial charge in [-0.25, -0.2) is 9.97 Å². The van der Waals surface area contributed by atoms with Crippen LogP contribution in [0.5, 0.6) is 0 Å². The molecular weight excluding hydrogens is 376 g/mol. The van der Waals surface area contributed by atoms with E-state index in [0.717, 1.165) is 39.6 Å². The molecule has 1 aromatic carbocycles. The Labute approximate surface area is 167 Å². The minimum absolute atomic E-state index is 0.215. The van der Waals surface area contributed by atoms with Crippen molar-refractivity contribution in [1.82, 2.24) is 9.97 Å². The molecule has 0 fully saturated rings. The highest BCUT2D eigenvalue weighted by Crippen LogP contribution is 2.41. The normalized spacial score (nSPS) is 17.5. The summed E-state index contributed by atoms with van der Waals surface area (Å²) < 4.78 is 5.48. The number of aromatic nitrogens is 2. The first kappa shape index (κ1) is 18.4. The van der Waals surface area contributed by atoms with E-state index in [0.29, 0.717) is 6.61 Å². The lowest BCUT2D eigenvalue weighted by Gasteiger charge is -2.18. The van der Waals surface area contributed by atoms with Crippen molar-refractivity contribution in [3.63, 3.8) is 0 Å². The molecule has 2 aromatic heterocycles. The highest BCUT2D eigenvalue weighted by Gasteiger charge is 2.25. The molecule has 27 heavy (non-hydrogen) atoms. The van der Waals surface area contributed by atoms with Crippen LogP contribution < -0.4 is 0 Å². The largest absolute Gasteiger partial charge is 0.460 e. The summed E-state index contributed by atoms with van der Waals surface area (Å²) in [5.74, 6) is 0.509. The van der Waals surface area contributed by atoms with Gasteiger partial charge < -0.3 is 4.74 Å². The maximum atomic E-state index is 12.4. The Morgan fingerprint density at radius 2 is 2.15 bits per heavy atom. The van der Waals surface area contributed by atoms with Crippen molar-refractivity contribution in [2.45, 2.75) is 50.0 Å². The molecular formula is C21H22N2O2S2. The molecule has 2 atom stereocenters. The maximum Gasteiger partial charge on any atom is 0.319 e. The van der Waals surface area contributed by atoms with Crippen molar-refractivity contribution in [2.75, 3.05) is 0 Å². The molecule has 1 aliphatic carbocycles. The van der Waals surface area contributed by atoms with E-state index in [2.05, 4.69) is 16.9 Å². The first-order valence-corrected chi connectivity index (χ1v) is 10.9. The fraction of sp³-hybridized carbons (Fsp3) is 0.381. The van der Waals surface area contributed by atoms with Gasteiger partial charge in [0.15, 0.2) is 0 Å². The number of carbonyl (C=O) groups excluding carboxylic acids is 1. The predicted octanol–water partition coefficient (Wildman–Crippen LogP) is 5.04. The van der Waals surface area contributed by atoms with Crippen molar-refractivity contribution in [3.8, 4) is 0 Å². The van der Waals surface area contributed by atoms with Crippen molar-refractivity contribution in [1.29, 1.82) is 0 Å². The summed E-state index contributed by atoms with van der Waals surface area (Å²) in [7, 11) is 0. The molecule has 0 aliphatic heterocycles. The highest BCUT2D eigenvalue weighted by molar-refractivity contribution is 8.00. The van der Waals surface area contributed by atoms with Crippen LogP contribution in [-0.4, -0.2) is 21.2 Å². The lowest BCUT2D eigenvalue weighted by molar-refractivity contribution is -0.143.